The molecule has 0 saturated carbocycles. The summed E-state index contributed by atoms with van der Waals surface area (Å²) in [6.45, 7) is 0. The van der Waals surface area contributed by atoms with Crippen LogP contribution in [-0.4, -0.2) is 49.4 Å². The largest absolute Gasteiger partial charge is 0.272 e. The van der Waals surface area contributed by atoms with Gasteiger partial charge in [-0.05, 0) is 29.8 Å². The second kappa shape index (κ2) is 9.49. The molecule has 0 bridgehead atoms. The summed E-state index contributed by atoms with van der Waals surface area (Å²) in [6, 6.07) is 9.33. The van der Waals surface area contributed by atoms with E-state index in [1.165, 1.54) is 50.1 Å². The number of amides is 2. The zero-order valence-corrected chi connectivity index (χ0v) is 16.5. The number of rotatable bonds is 7. The number of aromatic nitrogens is 1. The number of hydrogen-bond acceptors (Lipinski definition) is 6. The molecule has 0 fully saturated rings. The monoisotopic (exact) mass is 408 g/mol. The third kappa shape index (κ3) is 6.05. The number of nitrogens with zero attached hydrogens (tertiary/aromatic N) is 2. The predicted octanol–water partition coefficient (Wildman–Crippen LogP) is 1.03. The zero-order chi connectivity index (χ0) is 19.9. The van der Waals surface area contributed by atoms with Crippen LogP contribution in [-0.2, 0) is 20.6 Å². The molecule has 0 unspecified atom stereocenters. The Labute approximate surface area is 162 Å². The van der Waals surface area contributed by atoms with Crippen molar-refractivity contribution in [1.29, 1.82) is 0 Å². The van der Waals surface area contributed by atoms with Gasteiger partial charge in [0.25, 0.3) is 5.91 Å². The van der Waals surface area contributed by atoms with Crippen molar-refractivity contribution in [2.24, 2.45) is 0 Å². The second-order valence-electron chi connectivity index (χ2n) is 5.67. The van der Waals surface area contributed by atoms with Crippen LogP contribution in [0.5, 0.6) is 0 Å². The highest BCUT2D eigenvalue weighted by molar-refractivity contribution is 7.99. The number of carbonyl (C=O) groups is 2. The van der Waals surface area contributed by atoms with E-state index in [1.54, 1.807) is 12.4 Å². The average molecular weight is 409 g/mol. The number of thioether (sulfide) groups is 1. The number of sulfonamides is 1. The lowest BCUT2D eigenvalue weighted by Crippen LogP contribution is -2.42. The lowest BCUT2D eigenvalue weighted by molar-refractivity contribution is -0.119. The van der Waals surface area contributed by atoms with Gasteiger partial charge in [0, 0.05) is 37.8 Å². The topological polar surface area (TPSA) is 108 Å². The third-order valence-corrected chi connectivity index (χ3v) is 6.23. The molecular formula is C17H20N4O4S2. The fourth-order valence-electron chi connectivity index (χ4n) is 1.99. The number of hydrazine groups is 1. The number of nitrogens with one attached hydrogen (secondary N) is 2. The van der Waals surface area contributed by atoms with Crippen LogP contribution < -0.4 is 10.9 Å². The molecular weight excluding hydrogens is 388 g/mol. The van der Waals surface area contributed by atoms with E-state index in [9.17, 15) is 18.0 Å². The molecule has 1 aromatic carbocycles. The van der Waals surface area contributed by atoms with Crippen molar-refractivity contribution < 1.29 is 18.0 Å². The Kier molecular flexibility index (Phi) is 7.34. The Morgan fingerprint density at radius 3 is 2.59 bits per heavy atom. The van der Waals surface area contributed by atoms with Crippen LogP contribution >= 0.6 is 11.8 Å². The molecule has 1 aromatic heterocycles. The number of carbonyl (C=O) groups excluding carboxylic acids is 2. The van der Waals surface area contributed by atoms with E-state index in [1.807, 2.05) is 12.1 Å². The third-order valence-electron chi connectivity index (χ3n) is 3.41. The Morgan fingerprint density at radius 1 is 1.15 bits per heavy atom. The van der Waals surface area contributed by atoms with Crippen molar-refractivity contribution in [2.45, 2.75) is 10.6 Å². The molecule has 2 rings (SSSR count). The number of benzene rings is 1. The predicted molar refractivity (Wildman–Crippen MR) is 103 cm³/mol. The second-order valence-corrected chi connectivity index (χ2v) is 8.81. The van der Waals surface area contributed by atoms with E-state index in [2.05, 4.69) is 15.8 Å². The van der Waals surface area contributed by atoms with Crippen molar-refractivity contribution in [3.8, 4) is 0 Å². The van der Waals surface area contributed by atoms with E-state index < -0.39 is 15.9 Å². The van der Waals surface area contributed by atoms with E-state index in [4.69, 9.17) is 0 Å². The van der Waals surface area contributed by atoms with E-state index >= 15 is 0 Å². The van der Waals surface area contributed by atoms with Crippen LogP contribution in [0.2, 0.25) is 0 Å². The van der Waals surface area contributed by atoms with Crippen LogP contribution in [0.3, 0.4) is 0 Å². The number of hydrogen-bond donors (Lipinski definition) is 2. The van der Waals surface area contributed by atoms with Gasteiger partial charge in [0.05, 0.1) is 10.6 Å². The van der Waals surface area contributed by atoms with Crippen molar-refractivity contribution >= 4 is 33.6 Å². The fraction of sp³-hybridized carbons (Fsp3) is 0.235. The molecule has 0 aliphatic carbocycles. The van der Waals surface area contributed by atoms with E-state index in [0.29, 0.717) is 5.75 Å². The maximum Gasteiger partial charge on any atom is 0.269 e. The summed E-state index contributed by atoms with van der Waals surface area (Å²) in [5.41, 5.74) is 5.72. The van der Waals surface area contributed by atoms with Crippen molar-refractivity contribution in [3.63, 3.8) is 0 Å². The highest BCUT2D eigenvalue weighted by Crippen LogP contribution is 2.15. The Hall–Kier alpha value is -2.43. The molecule has 0 spiro atoms. The highest BCUT2D eigenvalue weighted by Gasteiger charge is 2.18. The molecule has 1 heterocycles. The minimum Gasteiger partial charge on any atom is -0.272 e. The van der Waals surface area contributed by atoms with Gasteiger partial charge in [-0.15, -0.1) is 11.8 Å². The summed E-state index contributed by atoms with van der Waals surface area (Å²) in [5, 5.41) is 0. The van der Waals surface area contributed by atoms with Crippen LogP contribution in [0.4, 0.5) is 0 Å². The number of pyridine rings is 1. The summed E-state index contributed by atoms with van der Waals surface area (Å²) in [5.74, 6) is -0.185. The Morgan fingerprint density at radius 2 is 1.93 bits per heavy atom. The van der Waals surface area contributed by atoms with E-state index in [0.717, 1.165) is 9.87 Å². The van der Waals surface area contributed by atoms with Crippen molar-refractivity contribution in [3.05, 3.63) is 59.9 Å². The van der Waals surface area contributed by atoms with Crippen LogP contribution in [0.15, 0.2) is 53.7 Å². The summed E-state index contributed by atoms with van der Waals surface area (Å²) < 4.78 is 25.3. The highest BCUT2D eigenvalue weighted by atomic mass is 32.2. The van der Waals surface area contributed by atoms with Crippen molar-refractivity contribution in [2.75, 3.05) is 19.8 Å². The first-order chi connectivity index (χ1) is 12.8. The van der Waals surface area contributed by atoms with Crippen molar-refractivity contribution in [1.82, 2.24) is 20.1 Å². The van der Waals surface area contributed by atoms with Crippen LogP contribution in [0, 0.1) is 0 Å². The minimum atomic E-state index is -3.65. The molecule has 144 valence electrons. The molecule has 0 radical (unpaired) electrons. The van der Waals surface area contributed by atoms with Gasteiger partial charge in [0.1, 0.15) is 0 Å². The average Bonchev–Trinajstić information content (AvgIpc) is 2.67. The van der Waals surface area contributed by atoms with Gasteiger partial charge >= 0.3 is 0 Å². The molecule has 0 aliphatic heterocycles. The minimum absolute atomic E-state index is 0.00139. The van der Waals surface area contributed by atoms with Crippen LogP contribution in [0.1, 0.15) is 15.9 Å². The fourth-order valence-corrected chi connectivity index (χ4v) is 3.70. The first-order valence-electron chi connectivity index (χ1n) is 7.89. The van der Waals surface area contributed by atoms with Gasteiger partial charge in [0.2, 0.25) is 15.9 Å². The van der Waals surface area contributed by atoms with Gasteiger partial charge in [-0.1, -0.05) is 12.1 Å². The normalized spacial score (nSPS) is 11.2. The molecule has 27 heavy (non-hydrogen) atoms. The summed E-state index contributed by atoms with van der Waals surface area (Å²) in [6.07, 6.45) is 3.40. The molecule has 2 N–H and O–H groups in total. The standard InChI is InChI=1S/C17H20N4O4S2/c1-21(2)27(24,25)15-7-3-6-14(9-15)17(23)20-19-16(22)12-26-11-13-5-4-8-18-10-13/h3-10H,11-12H2,1-2H3,(H,19,22)(H,20,23). The summed E-state index contributed by atoms with van der Waals surface area (Å²) >= 11 is 1.38. The van der Waals surface area contributed by atoms with Gasteiger partial charge in [-0.25, -0.2) is 12.7 Å². The summed E-state index contributed by atoms with van der Waals surface area (Å²) in [7, 11) is -0.829. The van der Waals surface area contributed by atoms with Gasteiger partial charge in [0.15, 0.2) is 0 Å². The molecule has 2 aromatic rings. The quantitative estimate of drug-likeness (QED) is 0.663. The first kappa shape index (κ1) is 20.9. The van der Waals surface area contributed by atoms with Gasteiger partial charge < -0.3 is 0 Å². The van der Waals surface area contributed by atoms with Gasteiger partial charge in [-0.2, -0.15) is 0 Å². The molecule has 0 saturated heterocycles. The van der Waals surface area contributed by atoms with Crippen LogP contribution in [0.25, 0.3) is 0 Å². The maximum atomic E-state index is 12.1. The van der Waals surface area contributed by atoms with Gasteiger partial charge in [-0.3, -0.25) is 25.4 Å². The maximum absolute atomic E-state index is 12.1. The molecule has 2 amide bonds. The summed E-state index contributed by atoms with van der Waals surface area (Å²) in [4.78, 5) is 28.0. The molecule has 10 heteroatoms. The molecule has 0 aliphatic rings. The Bertz CT molecular complexity index is 902. The lowest BCUT2D eigenvalue weighted by atomic mass is 10.2. The lowest BCUT2D eigenvalue weighted by Gasteiger charge is -2.12. The smallest absolute Gasteiger partial charge is 0.269 e. The molecule has 8 nitrogen and oxygen atoms in total. The SMILES string of the molecule is CN(C)S(=O)(=O)c1cccc(C(=O)NNC(=O)CSCc2cccnc2)c1. The molecule has 0 atom stereocenters. The first-order valence-corrected chi connectivity index (χ1v) is 10.5. The van der Waals surface area contributed by atoms with E-state index in [-0.39, 0.29) is 22.1 Å². The Balaban J connectivity index is 1.85. The zero-order valence-electron chi connectivity index (χ0n) is 14.9.